The third-order valence-corrected chi connectivity index (χ3v) is 2.92. The van der Waals surface area contributed by atoms with E-state index in [-0.39, 0.29) is 17.8 Å². The zero-order chi connectivity index (χ0) is 15.9. The van der Waals surface area contributed by atoms with Gasteiger partial charge in [0.05, 0.1) is 0 Å². The van der Waals surface area contributed by atoms with Crippen LogP contribution >= 0.6 is 0 Å². The van der Waals surface area contributed by atoms with Crippen LogP contribution in [0.25, 0.3) is 0 Å². The molecule has 0 bridgehead atoms. The second-order valence-corrected chi connectivity index (χ2v) is 5.20. The fourth-order valence-corrected chi connectivity index (χ4v) is 1.88. The summed E-state index contributed by atoms with van der Waals surface area (Å²) >= 11 is 0. The van der Waals surface area contributed by atoms with Crippen molar-refractivity contribution < 1.29 is 9.18 Å². The first kappa shape index (κ1) is 15.9. The topological polar surface area (TPSA) is 66.9 Å². The maximum Gasteiger partial charge on any atom is 0.270 e. The number of carbonyl (C=O) groups is 1. The van der Waals surface area contributed by atoms with Crippen molar-refractivity contribution in [1.29, 1.82) is 0 Å². The van der Waals surface area contributed by atoms with Crippen LogP contribution in [0, 0.1) is 5.82 Å². The number of hydrogen-bond donors (Lipinski definition) is 2. The highest BCUT2D eigenvalue weighted by molar-refractivity contribution is 5.92. The zero-order valence-corrected chi connectivity index (χ0v) is 12.6. The fourth-order valence-electron chi connectivity index (χ4n) is 1.88. The lowest BCUT2D eigenvalue weighted by atomic mass is 10.1. The molecule has 0 saturated carbocycles. The van der Waals surface area contributed by atoms with Crippen molar-refractivity contribution >= 4 is 11.9 Å². The highest BCUT2D eigenvalue weighted by Crippen LogP contribution is 2.05. The van der Waals surface area contributed by atoms with Gasteiger partial charge >= 0.3 is 0 Å². The number of rotatable bonds is 6. The number of benzene rings is 1. The predicted molar refractivity (Wildman–Crippen MR) is 83.2 cm³/mol. The number of nitrogens with zero attached hydrogens (tertiary/aromatic N) is 2. The van der Waals surface area contributed by atoms with Crippen molar-refractivity contribution in [2.24, 2.45) is 0 Å². The van der Waals surface area contributed by atoms with Gasteiger partial charge in [-0.1, -0.05) is 12.1 Å². The quantitative estimate of drug-likeness (QED) is 0.860. The number of halogens is 1. The summed E-state index contributed by atoms with van der Waals surface area (Å²) < 4.78 is 12.8. The molecule has 22 heavy (non-hydrogen) atoms. The average Bonchev–Trinajstić information content (AvgIpc) is 2.49. The highest BCUT2D eigenvalue weighted by Gasteiger charge is 2.09. The first-order valence-corrected chi connectivity index (χ1v) is 7.17. The number of anilines is 1. The Kier molecular flexibility index (Phi) is 5.41. The van der Waals surface area contributed by atoms with E-state index in [1.54, 1.807) is 24.4 Å². The second kappa shape index (κ2) is 7.49. The molecule has 0 saturated heterocycles. The SMILES string of the molecule is CC(C)NC(=O)c1ccnc(NCCc2ccc(F)cc2)n1. The summed E-state index contributed by atoms with van der Waals surface area (Å²) in [7, 11) is 0. The van der Waals surface area contributed by atoms with Crippen LogP contribution in [0.15, 0.2) is 36.5 Å². The molecule has 1 heterocycles. The maximum absolute atomic E-state index is 12.8. The molecule has 0 aliphatic carbocycles. The van der Waals surface area contributed by atoms with Crippen LogP contribution in [0.3, 0.4) is 0 Å². The van der Waals surface area contributed by atoms with Crippen LogP contribution < -0.4 is 10.6 Å². The summed E-state index contributed by atoms with van der Waals surface area (Å²) in [6.07, 6.45) is 2.26. The first-order valence-electron chi connectivity index (χ1n) is 7.17. The summed E-state index contributed by atoms with van der Waals surface area (Å²) in [5.74, 6) is -0.0681. The molecule has 0 unspecified atom stereocenters. The van der Waals surface area contributed by atoms with Gasteiger partial charge in [0, 0.05) is 18.8 Å². The van der Waals surface area contributed by atoms with E-state index in [0.29, 0.717) is 24.6 Å². The Hall–Kier alpha value is -2.50. The molecule has 6 heteroatoms. The Morgan fingerprint density at radius 3 is 2.64 bits per heavy atom. The Bertz CT molecular complexity index is 628. The summed E-state index contributed by atoms with van der Waals surface area (Å²) in [4.78, 5) is 20.1. The smallest absolute Gasteiger partial charge is 0.270 e. The van der Waals surface area contributed by atoms with Crippen LogP contribution in [0.2, 0.25) is 0 Å². The van der Waals surface area contributed by atoms with Gasteiger partial charge in [-0.25, -0.2) is 14.4 Å². The van der Waals surface area contributed by atoms with Gasteiger partial charge in [0.2, 0.25) is 5.95 Å². The van der Waals surface area contributed by atoms with E-state index in [1.165, 1.54) is 12.1 Å². The average molecular weight is 302 g/mol. The minimum atomic E-state index is -0.246. The van der Waals surface area contributed by atoms with Crippen molar-refractivity contribution in [3.8, 4) is 0 Å². The summed E-state index contributed by atoms with van der Waals surface area (Å²) in [6, 6.07) is 7.97. The van der Waals surface area contributed by atoms with Gasteiger partial charge in [-0.2, -0.15) is 0 Å². The van der Waals surface area contributed by atoms with Gasteiger partial charge in [-0.15, -0.1) is 0 Å². The molecule has 5 nitrogen and oxygen atoms in total. The molecule has 0 radical (unpaired) electrons. The lowest BCUT2D eigenvalue weighted by Gasteiger charge is -2.09. The minimum Gasteiger partial charge on any atom is -0.354 e. The van der Waals surface area contributed by atoms with Crippen LogP contribution in [0.5, 0.6) is 0 Å². The van der Waals surface area contributed by atoms with Crippen molar-refractivity contribution in [3.63, 3.8) is 0 Å². The molecule has 2 rings (SSSR count). The molecule has 2 aromatic rings. The zero-order valence-electron chi connectivity index (χ0n) is 12.6. The molecular formula is C16H19FN4O. The van der Waals surface area contributed by atoms with Gasteiger partial charge in [-0.3, -0.25) is 4.79 Å². The van der Waals surface area contributed by atoms with Crippen LogP contribution in [0.1, 0.15) is 29.9 Å². The number of nitrogens with one attached hydrogen (secondary N) is 2. The van der Waals surface area contributed by atoms with E-state index in [4.69, 9.17) is 0 Å². The lowest BCUT2D eigenvalue weighted by Crippen LogP contribution is -2.31. The number of aromatic nitrogens is 2. The molecule has 1 amide bonds. The van der Waals surface area contributed by atoms with Gasteiger partial charge in [0.25, 0.3) is 5.91 Å². The molecule has 116 valence electrons. The normalized spacial score (nSPS) is 10.5. The second-order valence-electron chi connectivity index (χ2n) is 5.20. The van der Waals surface area contributed by atoms with Crippen molar-refractivity contribution in [2.45, 2.75) is 26.3 Å². The molecule has 1 aromatic heterocycles. The standard InChI is InChI=1S/C16H19FN4O/c1-11(2)20-15(22)14-8-10-19-16(21-14)18-9-7-12-3-5-13(17)6-4-12/h3-6,8,10-11H,7,9H2,1-2H3,(H,20,22)(H,18,19,21). The van der Waals surface area contributed by atoms with Crippen molar-refractivity contribution in [2.75, 3.05) is 11.9 Å². The van der Waals surface area contributed by atoms with E-state index in [9.17, 15) is 9.18 Å². The van der Waals surface area contributed by atoms with Crippen molar-refractivity contribution in [1.82, 2.24) is 15.3 Å². The molecular weight excluding hydrogens is 283 g/mol. The van der Waals surface area contributed by atoms with Crippen LogP contribution in [-0.4, -0.2) is 28.5 Å². The van der Waals surface area contributed by atoms with Crippen LogP contribution in [-0.2, 0) is 6.42 Å². The summed E-state index contributed by atoms with van der Waals surface area (Å²) in [5.41, 5.74) is 1.34. The van der Waals surface area contributed by atoms with Gasteiger partial charge in [0.1, 0.15) is 11.5 Å². The van der Waals surface area contributed by atoms with E-state index in [1.807, 2.05) is 13.8 Å². The Morgan fingerprint density at radius 2 is 1.95 bits per heavy atom. The van der Waals surface area contributed by atoms with E-state index < -0.39 is 0 Å². The van der Waals surface area contributed by atoms with Gasteiger partial charge in [0.15, 0.2) is 0 Å². The molecule has 0 spiro atoms. The third-order valence-electron chi connectivity index (χ3n) is 2.92. The van der Waals surface area contributed by atoms with Gasteiger partial charge in [-0.05, 0) is 44.0 Å². The largest absolute Gasteiger partial charge is 0.354 e. The third kappa shape index (κ3) is 4.80. The minimum absolute atomic E-state index is 0.0531. The predicted octanol–water partition coefficient (Wildman–Crippen LogP) is 2.41. The monoisotopic (exact) mass is 302 g/mol. The number of amides is 1. The van der Waals surface area contributed by atoms with E-state index in [2.05, 4.69) is 20.6 Å². The van der Waals surface area contributed by atoms with Crippen molar-refractivity contribution in [3.05, 3.63) is 53.6 Å². The van der Waals surface area contributed by atoms with E-state index in [0.717, 1.165) is 5.56 Å². The Morgan fingerprint density at radius 1 is 1.23 bits per heavy atom. The fraction of sp³-hybridized carbons (Fsp3) is 0.312. The molecule has 1 aromatic carbocycles. The van der Waals surface area contributed by atoms with Gasteiger partial charge < -0.3 is 10.6 Å². The molecule has 0 aliphatic rings. The summed E-state index contributed by atoms with van der Waals surface area (Å²) in [5, 5.41) is 5.84. The molecule has 2 N–H and O–H groups in total. The van der Waals surface area contributed by atoms with E-state index >= 15 is 0 Å². The van der Waals surface area contributed by atoms with Crippen LogP contribution in [0.4, 0.5) is 10.3 Å². The molecule has 0 fully saturated rings. The Balaban J connectivity index is 1.90. The highest BCUT2D eigenvalue weighted by atomic mass is 19.1. The molecule has 0 aliphatic heterocycles. The summed E-state index contributed by atoms with van der Waals surface area (Å²) in [6.45, 7) is 4.38. The number of hydrogen-bond acceptors (Lipinski definition) is 4. The molecule has 0 atom stereocenters. The number of carbonyl (C=O) groups excluding carboxylic acids is 1. The maximum atomic E-state index is 12.8. The lowest BCUT2D eigenvalue weighted by molar-refractivity contribution is 0.0938. The first-order chi connectivity index (χ1) is 10.5. The Labute approximate surface area is 129 Å².